The summed E-state index contributed by atoms with van der Waals surface area (Å²) in [6.45, 7) is 0.711. The van der Waals surface area contributed by atoms with Gasteiger partial charge in [-0.3, -0.25) is 0 Å². The lowest BCUT2D eigenvalue weighted by molar-refractivity contribution is -0.390. The van der Waals surface area contributed by atoms with Crippen molar-refractivity contribution in [3.63, 3.8) is 0 Å². The predicted octanol–water partition coefficient (Wildman–Crippen LogP) is 3.31. The lowest BCUT2D eigenvalue weighted by atomic mass is 9.53. The van der Waals surface area contributed by atoms with Gasteiger partial charge < -0.3 is 9.47 Å². The summed E-state index contributed by atoms with van der Waals surface area (Å²) in [6, 6.07) is 6.53. The van der Waals surface area contributed by atoms with Crippen LogP contribution in [0.1, 0.15) is 44.9 Å². The summed E-state index contributed by atoms with van der Waals surface area (Å²) in [6.07, 6.45) is 7.02. The summed E-state index contributed by atoms with van der Waals surface area (Å²) in [5.41, 5.74) is 0. The molecule has 164 valence electrons. The van der Waals surface area contributed by atoms with E-state index in [1.54, 1.807) is 31.4 Å². The number of hydrogen-bond donors (Lipinski definition) is 0. The Morgan fingerprint density at radius 1 is 0.933 bits per heavy atom. The van der Waals surface area contributed by atoms with Crippen LogP contribution in [0.2, 0.25) is 0 Å². The maximum absolute atomic E-state index is 13.1. The highest BCUT2D eigenvalue weighted by molar-refractivity contribution is 7.89. The van der Waals surface area contributed by atoms with Crippen LogP contribution in [0.3, 0.4) is 0 Å². The molecule has 8 heteroatoms. The molecule has 0 unspecified atom stereocenters. The number of hydrogen-bond acceptors (Lipinski definition) is 6. The molecular formula is C22H29NO6S. The molecule has 1 aromatic carbocycles. The van der Waals surface area contributed by atoms with E-state index >= 15 is 0 Å². The van der Waals surface area contributed by atoms with E-state index in [-0.39, 0.29) is 4.90 Å². The van der Waals surface area contributed by atoms with E-state index in [1.807, 2.05) is 0 Å². The number of methoxy groups -OCH3 is 1. The van der Waals surface area contributed by atoms with Crippen molar-refractivity contribution in [1.29, 1.82) is 0 Å². The summed E-state index contributed by atoms with van der Waals surface area (Å²) in [4.78, 5) is 12.2. The second kappa shape index (κ2) is 6.65. The molecule has 30 heavy (non-hydrogen) atoms. The lowest BCUT2D eigenvalue weighted by Crippen LogP contribution is -2.59. The van der Waals surface area contributed by atoms with Gasteiger partial charge in [0.25, 0.3) is 0 Å². The zero-order valence-electron chi connectivity index (χ0n) is 17.3. The Morgan fingerprint density at radius 3 is 2.10 bits per heavy atom. The van der Waals surface area contributed by atoms with Gasteiger partial charge in [0.05, 0.1) is 12.0 Å². The topological polar surface area (TPSA) is 74.3 Å². The molecule has 2 heterocycles. The normalized spacial score (nSPS) is 39.8. The first-order valence-corrected chi connectivity index (χ1v) is 12.6. The maximum atomic E-state index is 13.1. The van der Waals surface area contributed by atoms with Gasteiger partial charge in [-0.15, -0.1) is 0 Å². The zero-order chi connectivity index (χ0) is 20.6. The summed E-state index contributed by atoms with van der Waals surface area (Å²) in [5, 5.41) is 0. The average Bonchev–Trinajstić information content (AvgIpc) is 3.12. The first-order chi connectivity index (χ1) is 14.4. The zero-order valence-corrected chi connectivity index (χ0v) is 18.1. The van der Waals surface area contributed by atoms with Crippen molar-refractivity contribution in [1.82, 2.24) is 4.31 Å². The molecule has 0 N–H and O–H groups in total. The van der Waals surface area contributed by atoms with E-state index in [1.165, 1.54) is 36.4 Å². The molecule has 6 fully saturated rings. The van der Waals surface area contributed by atoms with Gasteiger partial charge in [-0.2, -0.15) is 14.1 Å². The fourth-order valence-corrected chi connectivity index (χ4v) is 8.20. The molecule has 7 rings (SSSR count). The van der Waals surface area contributed by atoms with Crippen molar-refractivity contribution in [2.75, 3.05) is 20.2 Å². The third-order valence-electron chi connectivity index (χ3n) is 8.13. The van der Waals surface area contributed by atoms with E-state index in [2.05, 4.69) is 0 Å². The number of benzene rings is 1. The molecule has 0 amide bonds. The van der Waals surface area contributed by atoms with Crippen molar-refractivity contribution in [2.45, 2.75) is 61.4 Å². The molecule has 0 aromatic heterocycles. The van der Waals surface area contributed by atoms with Gasteiger partial charge in [0, 0.05) is 37.8 Å². The molecule has 2 saturated heterocycles. The second-order valence-electron chi connectivity index (χ2n) is 9.78. The third kappa shape index (κ3) is 2.80. The first kappa shape index (κ1) is 19.5. The van der Waals surface area contributed by atoms with Crippen LogP contribution in [0.15, 0.2) is 29.2 Å². The Hall–Kier alpha value is -1.19. The van der Waals surface area contributed by atoms with Crippen molar-refractivity contribution in [3.8, 4) is 5.75 Å². The highest BCUT2D eigenvalue weighted by atomic mass is 32.2. The van der Waals surface area contributed by atoms with Gasteiger partial charge in [-0.05, 0) is 68.2 Å². The minimum atomic E-state index is -3.56. The van der Waals surface area contributed by atoms with Gasteiger partial charge in [0.1, 0.15) is 5.75 Å². The third-order valence-corrected chi connectivity index (χ3v) is 10.0. The van der Waals surface area contributed by atoms with Gasteiger partial charge in [-0.25, -0.2) is 8.42 Å². The molecule has 4 aliphatic carbocycles. The van der Waals surface area contributed by atoms with Crippen molar-refractivity contribution in [2.24, 2.45) is 23.7 Å². The van der Waals surface area contributed by atoms with Crippen LogP contribution >= 0.6 is 0 Å². The van der Waals surface area contributed by atoms with Crippen LogP contribution in [0, 0.1) is 23.7 Å². The average molecular weight is 436 g/mol. The number of sulfonamides is 1. The maximum Gasteiger partial charge on any atom is 0.243 e. The Morgan fingerprint density at radius 2 is 1.53 bits per heavy atom. The molecule has 6 aliphatic rings. The highest BCUT2D eigenvalue weighted by Gasteiger charge is 2.67. The van der Waals surface area contributed by atoms with E-state index in [0.717, 1.165) is 11.8 Å². The number of nitrogens with zero attached hydrogens (tertiary/aromatic N) is 1. The fourth-order valence-electron chi connectivity index (χ4n) is 6.76. The van der Waals surface area contributed by atoms with Crippen LogP contribution < -0.4 is 4.74 Å². The number of ether oxygens (including phenoxy) is 2. The van der Waals surface area contributed by atoms with Crippen LogP contribution in [0.25, 0.3) is 0 Å². The summed E-state index contributed by atoms with van der Waals surface area (Å²) in [7, 11) is -1.99. The predicted molar refractivity (Wildman–Crippen MR) is 107 cm³/mol. The number of piperidine rings is 1. The van der Waals surface area contributed by atoms with E-state index in [0.29, 0.717) is 43.5 Å². The van der Waals surface area contributed by atoms with Crippen LogP contribution in [-0.4, -0.2) is 44.5 Å². The molecule has 7 nitrogen and oxygen atoms in total. The second-order valence-corrected chi connectivity index (χ2v) is 11.7. The van der Waals surface area contributed by atoms with Crippen LogP contribution in [-0.2, 0) is 24.5 Å². The minimum absolute atomic E-state index is 0.279. The number of rotatable bonds is 3. The molecule has 0 radical (unpaired) electrons. The van der Waals surface area contributed by atoms with Crippen molar-refractivity contribution < 1.29 is 27.7 Å². The van der Waals surface area contributed by atoms with E-state index in [4.69, 9.17) is 19.2 Å². The monoisotopic (exact) mass is 435 g/mol. The molecule has 1 aromatic rings. The minimum Gasteiger partial charge on any atom is -0.497 e. The standard InChI is InChI=1S/C22H29NO6S/c1-26-19-2-4-20(5-3-19)30(24,25)23-8-6-21(7-9-23)27-22(29-28-21)17-11-15-10-16(13-17)14-18(22)12-15/h2-5,15-18H,6-14H2,1H3. The molecule has 4 bridgehead atoms. The van der Waals surface area contributed by atoms with E-state index < -0.39 is 21.6 Å². The summed E-state index contributed by atoms with van der Waals surface area (Å²) < 4.78 is 39.4. The molecular weight excluding hydrogens is 406 g/mol. The highest BCUT2D eigenvalue weighted by Crippen LogP contribution is 2.63. The molecule has 2 aliphatic heterocycles. The van der Waals surface area contributed by atoms with Crippen LogP contribution in [0.5, 0.6) is 5.75 Å². The molecule has 0 atom stereocenters. The van der Waals surface area contributed by atoms with Gasteiger partial charge >= 0.3 is 0 Å². The largest absolute Gasteiger partial charge is 0.497 e. The van der Waals surface area contributed by atoms with E-state index in [9.17, 15) is 8.42 Å². The Labute approximate surface area is 177 Å². The van der Waals surface area contributed by atoms with Gasteiger partial charge in [-0.1, -0.05) is 0 Å². The Kier molecular flexibility index (Phi) is 4.32. The first-order valence-electron chi connectivity index (χ1n) is 11.1. The Bertz CT molecular complexity index is 893. The molecule has 4 saturated carbocycles. The van der Waals surface area contributed by atoms with Gasteiger partial charge in [0.15, 0.2) is 0 Å². The summed E-state index contributed by atoms with van der Waals surface area (Å²) >= 11 is 0. The Balaban J connectivity index is 1.16. The lowest BCUT2D eigenvalue weighted by Gasteiger charge is -2.57. The fraction of sp³-hybridized carbons (Fsp3) is 0.727. The quantitative estimate of drug-likeness (QED) is 0.678. The van der Waals surface area contributed by atoms with Crippen molar-refractivity contribution in [3.05, 3.63) is 24.3 Å². The van der Waals surface area contributed by atoms with Gasteiger partial charge in [0.2, 0.25) is 21.6 Å². The SMILES string of the molecule is COc1ccc(S(=O)(=O)N2CCC3(CC2)OOC2(O3)C3CC4CC(C3)CC2C4)cc1. The summed E-state index contributed by atoms with van der Waals surface area (Å²) in [5.74, 6) is 1.67. The van der Waals surface area contributed by atoms with Crippen molar-refractivity contribution >= 4 is 10.0 Å². The smallest absolute Gasteiger partial charge is 0.243 e. The molecule has 2 spiro atoms. The van der Waals surface area contributed by atoms with Crippen LogP contribution in [0.4, 0.5) is 0 Å².